The Labute approximate surface area is 111 Å². The van der Waals surface area contributed by atoms with Crippen molar-refractivity contribution in [2.45, 2.75) is 6.18 Å². The zero-order chi connectivity index (χ0) is 14.8. The molecule has 2 aromatic rings. The zero-order valence-corrected chi connectivity index (χ0v) is 9.91. The first-order valence-electron chi connectivity index (χ1n) is 5.47. The lowest BCUT2D eigenvalue weighted by Gasteiger charge is -2.08. The molecule has 0 saturated heterocycles. The molecule has 1 heterocycles. The van der Waals surface area contributed by atoms with Gasteiger partial charge >= 0.3 is 6.18 Å². The topological polar surface area (TPSA) is 42.0 Å². The van der Waals surface area contributed by atoms with Gasteiger partial charge in [0, 0.05) is 0 Å². The van der Waals surface area contributed by atoms with Gasteiger partial charge in [-0.15, -0.1) is 0 Å². The summed E-state index contributed by atoms with van der Waals surface area (Å²) in [5.41, 5.74) is -1.22. The number of carbonyl (C=O) groups excluding carboxylic acids is 1. The average Bonchev–Trinajstić information content (AvgIpc) is 2.38. The summed E-state index contributed by atoms with van der Waals surface area (Å²) in [6.45, 7) is 0. The molecule has 0 unspecified atom stereocenters. The number of hydrogen-bond donors (Lipinski definition) is 1. The normalized spacial score (nSPS) is 11.2. The van der Waals surface area contributed by atoms with Crippen molar-refractivity contribution in [2.24, 2.45) is 0 Å². The Balaban J connectivity index is 2.15. The molecular formula is C13H8F4N2O. The highest BCUT2D eigenvalue weighted by Gasteiger charge is 2.32. The van der Waals surface area contributed by atoms with Crippen molar-refractivity contribution in [1.82, 2.24) is 4.98 Å². The van der Waals surface area contributed by atoms with E-state index in [1.54, 1.807) is 0 Å². The first-order chi connectivity index (χ1) is 9.38. The van der Waals surface area contributed by atoms with E-state index in [-0.39, 0.29) is 11.3 Å². The molecule has 1 amide bonds. The Hall–Kier alpha value is -2.44. The van der Waals surface area contributed by atoms with E-state index < -0.39 is 23.6 Å². The van der Waals surface area contributed by atoms with Gasteiger partial charge in [-0.05, 0) is 24.3 Å². The number of nitrogens with one attached hydrogen (secondary N) is 1. The Kier molecular flexibility index (Phi) is 3.69. The summed E-state index contributed by atoms with van der Waals surface area (Å²) >= 11 is 0. The van der Waals surface area contributed by atoms with Gasteiger partial charge in [0.25, 0.3) is 5.91 Å². The number of rotatable bonds is 2. The van der Waals surface area contributed by atoms with E-state index in [9.17, 15) is 22.4 Å². The quantitative estimate of drug-likeness (QED) is 0.858. The predicted octanol–water partition coefficient (Wildman–Crippen LogP) is 3.49. The van der Waals surface area contributed by atoms with Crippen LogP contribution in [0.25, 0.3) is 0 Å². The van der Waals surface area contributed by atoms with Crippen LogP contribution in [0, 0.1) is 5.82 Å². The predicted molar refractivity (Wildman–Crippen MR) is 63.6 cm³/mol. The highest BCUT2D eigenvalue weighted by atomic mass is 19.4. The number of benzene rings is 1. The fourth-order valence-corrected chi connectivity index (χ4v) is 1.48. The molecule has 0 atom stereocenters. The Morgan fingerprint density at radius 2 is 1.80 bits per heavy atom. The highest BCUT2D eigenvalue weighted by Crippen LogP contribution is 2.27. The van der Waals surface area contributed by atoms with E-state index in [1.165, 1.54) is 18.2 Å². The van der Waals surface area contributed by atoms with E-state index in [2.05, 4.69) is 10.3 Å². The minimum atomic E-state index is -4.55. The first-order valence-corrected chi connectivity index (χ1v) is 5.47. The van der Waals surface area contributed by atoms with Crippen molar-refractivity contribution >= 4 is 11.6 Å². The van der Waals surface area contributed by atoms with Crippen molar-refractivity contribution in [3.63, 3.8) is 0 Å². The summed E-state index contributed by atoms with van der Waals surface area (Å²) in [5, 5.41) is 2.27. The van der Waals surface area contributed by atoms with Crippen LogP contribution in [-0.2, 0) is 6.18 Å². The third-order valence-electron chi connectivity index (χ3n) is 2.43. The van der Waals surface area contributed by atoms with Gasteiger partial charge in [0.05, 0.1) is 17.4 Å². The number of halogens is 4. The summed E-state index contributed by atoms with van der Waals surface area (Å²) < 4.78 is 50.2. The molecule has 0 aliphatic rings. The molecule has 0 aliphatic heterocycles. The number of alkyl halides is 3. The van der Waals surface area contributed by atoms with Crippen LogP contribution in [0.15, 0.2) is 42.6 Å². The summed E-state index contributed by atoms with van der Waals surface area (Å²) in [5.74, 6) is -1.48. The van der Waals surface area contributed by atoms with Gasteiger partial charge in [0.1, 0.15) is 11.5 Å². The Morgan fingerprint density at radius 1 is 1.10 bits per heavy atom. The lowest BCUT2D eigenvalue weighted by molar-refractivity contribution is -0.141. The number of nitrogens with zero attached hydrogens (tertiary/aromatic N) is 1. The molecule has 3 nitrogen and oxygen atoms in total. The minimum absolute atomic E-state index is 0.0475. The van der Waals surface area contributed by atoms with Gasteiger partial charge in [0.15, 0.2) is 0 Å². The summed E-state index contributed by atoms with van der Waals surface area (Å²) in [6.07, 6.45) is -3.68. The zero-order valence-electron chi connectivity index (χ0n) is 9.91. The lowest BCUT2D eigenvalue weighted by Crippen LogP contribution is -2.14. The Morgan fingerprint density at radius 3 is 2.35 bits per heavy atom. The summed E-state index contributed by atoms with van der Waals surface area (Å²) in [7, 11) is 0. The maximum Gasteiger partial charge on any atom is 0.433 e. The second-order valence-corrected chi connectivity index (χ2v) is 3.86. The second-order valence-electron chi connectivity index (χ2n) is 3.86. The van der Waals surface area contributed by atoms with E-state index in [0.29, 0.717) is 0 Å². The molecule has 1 aromatic carbocycles. The molecule has 104 valence electrons. The molecule has 0 fully saturated rings. The summed E-state index contributed by atoms with van der Waals surface area (Å²) in [6, 6.07) is 7.06. The molecule has 0 spiro atoms. The largest absolute Gasteiger partial charge is 0.433 e. The second kappa shape index (κ2) is 5.28. The van der Waals surface area contributed by atoms with Gasteiger partial charge in [-0.2, -0.15) is 13.2 Å². The van der Waals surface area contributed by atoms with E-state index in [1.807, 2.05) is 0 Å². The van der Waals surface area contributed by atoms with Crippen molar-refractivity contribution in [3.05, 3.63) is 59.7 Å². The van der Waals surface area contributed by atoms with Crippen LogP contribution in [0.2, 0.25) is 0 Å². The van der Waals surface area contributed by atoms with Crippen molar-refractivity contribution < 1.29 is 22.4 Å². The smallest absolute Gasteiger partial charge is 0.320 e. The first kappa shape index (κ1) is 14.0. The standard InChI is InChI=1S/C13H8F4N2O/c14-10-4-2-1-3-9(10)12(20)19-8-5-6-11(18-7-8)13(15,16)17/h1-7H,(H,19,20). The van der Waals surface area contributed by atoms with Gasteiger partial charge in [0.2, 0.25) is 0 Å². The monoisotopic (exact) mass is 284 g/mol. The fourth-order valence-electron chi connectivity index (χ4n) is 1.48. The fraction of sp³-hybridized carbons (Fsp3) is 0.0769. The summed E-state index contributed by atoms with van der Waals surface area (Å²) in [4.78, 5) is 14.9. The van der Waals surface area contributed by atoms with E-state index >= 15 is 0 Å². The molecule has 1 N–H and O–H groups in total. The molecule has 0 saturated carbocycles. The number of hydrogen-bond acceptors (Lipinski definition) is 2. The van der Waals surface area contributed by atoms with Gasteiger partial charge in [-0.3, -0.25) is 4.79 Å². The third-order valence-corrected chi connectivity index (χ3v) is 2.43. The maximum absolute atomic E-state index is 13.3. The molecule has 1 aromatic heterocycles. The number of anilines is 1. The maximum atomic E-state index is 13.3. The molecule has 7 heteroatoms. The van der Waals surface area contributed by atoms with Crippen LogP contribution in [0.5, 0.6) is 0 Å². The lowest BCUT2D eigenvalue weighted by atomic mass is 10.2. The minimum Gasteiger partial charge on any atom is -0.320 e. The van der Waals surface area contributed by atoms with Gasteiger partial charge in [-0.25, -0.2) is 9.37 Å². The van der Waals surface area contributed by atoms with Gasteiger partial charge in [-0.1, -0.05) is 12.1 Å². The van der Waals surface area contributed by atoms with E-state index in [4.69, 9.17) is 0 Å². The average molecular weight is 284 g/mol. The van der Waals surface area contributed by atoms with Crippen LogP contribution in [0.3, 0.4) is 0 Å². The number of pyridine rings is 1. The Bertz CT molecular complexity index is 623. The molecule has 0 bridgehead atoms. The van der Waals surface area contributed by atoms with Gasteiger partial charge < -0.3 is 5.32 Å². The van der Waals surface area contributed by atoms with Crippen LogP contribution < -0.4 is 5.32 Å². The van der Waals surface area contributed by atoms with Crippen molar-refractivity contribution in [3.8, 4) is 0 Å². The number of aromatic nitrogens is 1. The van der Waals surface area contributed by atoms with Crippen LogP contribution in [-0.4, -0.2) is 10.9 Å². The highest BCUT2D eigenvalue weighted by molar-refractivity contribution is 6.04. The molecule has 0 radical (unpaired) electrons. The van der Waals surface area contributed by atoms with Crippen LogP contribution in [0.1, 0.15) is 16.1 Å². The molecule has 20 heavy (non-hydrogen) atoms. The number of carbonyl (C=O) groups is 1. The van der Waals surface area contributed by atoms with Crippen LogP contribution in [0.4, 0.5) is 23.2 Å². The molecular weight excluding hydrogens is 276 g/mol. The molecule has 0 aliphatic carbocycles. The van der Waals surface area contributed by atoms with E-state index in [0.717, 1.165) is 24.4 Å². The molecule has 2 rings (SSSR count). The SMILES string of the molecule is O=C(Nc1ccc(C(F)(F)F)nc1)c1ccccc1F. The van der Waals surface area contributed by atoms with Crippen molar-refractivity contribution in [1.29, 1.82) is 0 Å². The third kappa shape index (κ3) is 3.11. The number of amides is 1. The van der Waals surface area contributed by atoms with Crippen molar-refractivity contribution in [2.75, 3.05) is 5.32 Å². The van der Waals surface area contributed by atoms with Crippen LogP contribution >= 0.6 is 0 Å².